The molecular weight excluding hydrogens is 336 g/mol. The van der Waals surface area contributed by atoms with E-state index in [9.17, 15) is 13.2 Å². The van der Waals surface area contributed by atoms with Crippen LogP contribution in [0.5, 0.6) is 0 Å². The van der Waals surface area contributed by atoms with Gasteiger partial charge >= 0.3 is 0 Å². The van der Waals surface area contributed by atoms with Crippen LogP contribution in [-0.2, 0) is 14.8 Å². The third-order valence-electron chi connectivity index (χ3n) is 4.38. The van der Waals surface area contributed by atoms with E-state index in [4.69, 9.17) is 0 Å². The molecule has 1 N–H and O–H groups in total. The van der Waals surface area contributed by atoms with Gasteiger partial charge in [0.15, 0.2) is 0 Å². The number of allylic oxidation sites excluding steroid dienone is 1. The molecule has 1 aromatic carbocycles. The van der Waals surface area contributed by atoms with Gasteiger partial charge in [-0.1, -0.05) is 29.3 Å². The van der Waals surface area contributed by atoms with Crippen LogP contribution in [0.1, 0.15) is 44.1 Å². The number of aryl methyl sites for hydroxylation is 1. The number of nitrogens with one attached hydrogen (secondary N) is 1. The van der Waals surface area contributed by atoms with E-state index in [0.29, 0.717) is 31.6 Å². The van der Waals surface area contributed by atoms with E-state index in [2.05, 4.69) is 11.4 Å². The van der Waals surface area contributed by atoms with Gasteiger partial charge in [-0.25, -0.2) is 8.42 Å². The highest BCUT2D eigenvalue weighted by Gasteiger charge is 2.17. The summed E-state index contributed by atoms with van der Waals surface area (Å²) < 4.78 is 25.4. The molecule has 0 aliphatic heterocycles. The summed E-state index contributed by atoms with van der Waals surface area (Å²) in [6.07, 6.45) is 8.83. The number of sulfonamides is 1. The SMILES string of the molecule is Cc1ccc(N(CCCC(=O)NCC2=CCCCC2)S(C)(=O)=O)cc1. The Hall–Kier alpha value is -1.82. The van der Waals surface area contributed by atoms with Gasteiger partial charge in [0, 0.05) is 19.5 Å². The topological polar surface area (TPSA) is 66.5 Å². The van der Waals surface area contributed by atoms with Crippen molar-refractivity contribution in [1.29, 1.82) is 0 Å². The molecule has 25 heavy (non-hydrogen) atoms. The molecule has 0 unspecified atom stereocenters. The maximum absolute atomic E-state index is 12.0. The van der Waals surface area contributed by atoms with Crippen LogP contribution in [-0.4, -0.2) is 33.7 Å². The van der Waals surface area contributed by atoms with E-state index in [1.54, 1.807) is 12.1 Å². The molecule has 1 aromatic rings. The van der Waals surface area contributed by atoms with Gasteiger partial charge in [0.1, 0.15) is 0 Å². The van der Waals surface area contributed by atoms with Crippen molar-refractivity contribution in [1.82, 2.24) is 5.32 Å². The lowest BCUT2D eigenvalue weighted by molar-refractivity contribution is -0.120. The first-order valence-electron chi connectivity index (χ1n) is 8.85. The number of hydrogen-bond acceptors (Lipinski definition) is 3. The molecule has 0 saturated carbocycles. The van der Waals surface area contributed by atoms with Crippen LogP contribution in [0.15, 0.2) is 35.9 Å². The molecule has 0 aromatic heterocycles. The molecule has 0 fully saturated rings. The van der Waals surface area contributed by atoms with Crippen molar-refractivity contribution in [3.05, 3.63) is 41.5 Å². The lowest BCUT2D eigenvalue weighted by Crippen LogP contribution is -2.32. The molecule has 1 aliphatic carbocycles. The molecule has 0 saturated heterocycles. The summed E-state index contributed by atoms with van der Waals surface area (Å²) in [5.74, 6) is -0.0242. The minimum Gasteiger partial charge on any atom is -0.352 e. The number of nitrogens with zero attached hydrogens (tertiary/aromatic N) is 1. The van der Waals surface area contributed by atoms with Crippen LogP contribution in [0.3, 0.4) is 0 Å². The van der Waals surface area contributed by atoms with Crippen molar-refractivity contribution < 1.29 is 13.2 Å². The smallest absolute Gasteiger partial charge is 0.232 e. The molecule has 2 rings (SSSR count). The van der Waals surface area contributed by atoms with E-state index in [1.165, 1.54) is 29.0 Å². The van der Waals surface area contributed by atoms with Crippen LogP contribution in [0.2, 0.25) is 0 Å². The van der Waals surface area contributed by atoms with E-state index in [0.717, 1.165) is 18.4 Å². The van der Waals surface area contributed by atoms with Gasteiger partial charge in [0.25, 0.3) is 0 Å². The van der Waals surface area contributed by atoms with Gasteiger partial charge in [0.2, 0.25) is 15.9 Å². The Morgan fingerprint density at radius 2 is 1.92 bits per heavy atom. The van der Waals surface area contributed by atoms with Crippen molar-refractivity contribution in [3.8, 4) is 0 Å². The molecule has 0 spiro atoms. The van der Waals surface area contributed by atoms with Crippen molar-refractivity contribution >= 4 is 21.6 Å². The van der Waals surface area contributed by atoms with Gasteiger partial charge in [-0.2, -0.15) is 0 Å². The third kappa shape index (κ3) is 6.53. The number of hydrogen-bond donors (Lipinski definition) is 1. The summed E-state index contributed by atoms with van der Waals surface area (Å²) in [5.41, 5.74) is 3.02. The van der Waals surface area contributed by atoms with Crippen LogP contribution in [0.4, 0.5) is 5.69 Å². The van der Waals surface area contributed by atoms with Crippen molar-refractivity contribution in [2.75, 3.05) is 23.7 Å². The first kappa shape index (κ1) is 19.5. The lowest BCUT2D eigenvalue weighted by Gasteiger charge is -2.22. The number of amides is 1. The summed E-state index contributed by atoms with van der Waals surface area (Å²) in [6.45, 7) is 2.88. The zero-order valence-corrected chi connectivity index (χ0v) is 15.9. The first-order chi connectivity index (χ1) is 11.9. The van der Waals surface area contributed by atoms with E-state index < -0.39 is 10.0 Å². The quantitative estimate of drug-likeness (QED) is 0.721. The summed E-state index contributed by atoms with van der Waals surface area (Å²) in [4.78, 5) is 12.0. The molecule has 1 aliphatic rings. The minimum absolute atomic E-state index is 0.0242. The molecule has 0 bridgehead atoms. The maximum atomic E-state index is 12.0. The summed E-state index contributed by atoms with van der Waals surface area (Å²) in [6, 6.07) is 7.37. The molecule has 0 atom stereocenters. The van der Waals surface area contributed by atoms with E-state index >= 15 is 0 Å². The Bertz CT molecular complexity index is 709. The normalized spacial score (nSPS) is 14.7. The summed E-state index contributed by atoms with van der Waals surface area (Å²) >= 11 is 0. The maximum Gasteiger partial charge on any atom is 0.232 e. The Morgan fingerprint density at radius 3 is 2.52 bits per heavy atom. The predicted molar refractivity (Wildman–Crippen MR) is 102 cm³/mol. The number of anilines is 1. The van der Waals surface area contributed by atoms with Crippen LogP contribution in [0.25, 0.3) is 0 Å². The highest BCUT2D eigenvalue weighted by Crippen LogP contribution is 2.19. The molecule has 0 heterocycles. The summed E-state index contributed by atoms with van der Waals surface area (Å²) in [5, 5.41) is 2.94. The number of carbonyl (C=O) groups excluding carboxylic acids is 1. The predicted octanol–water partition coefficient (Wildman–Crippen LogP) is 3.16. The van der Waals surface area contributed by atoms with Gasteiger partial charge < -0.3 is 5.32 Å². The van der Waals surface area contributed by atoms with Gasteiger partial charge in [-0.15, -0.1) is 0 Å². The average Bonchev–Trinajstić information content (AvgIpc) is 2.58. The average molecular weight is 365 g/mol. The minimum atomic E-state index is -3.37. The zero-order valence-electron chi connectivity index (χ0n) is 15.1. The Morgan fingerprint density at radius 1 is 1.20 bits per heavy atom. The molecule has 6 heteroatoms. The Balaban J connectivity index is 1.83. The van der Waals surface area contributed by atoms with Crippen molar-refractivity contribution in [3.63, 3.8) is 0 Å². The largest absolute Gasteiger partial charge is 0.352 e. The van der Waals surface area contributed by atoms with Gasteiger partial charge in [0.05, 0.1) is 11.9 Å². The van der Waals surface area contributed by atoms with Crippen molar-refractivity contribution in [2.45, 2.75) is 45.4 Å². The van der Waals surface area contributed by atoms with Gasteiger partial charge in [-0.3, -0.25) is 9.10 Å². The van der Waals surface area contributed by atoms with E-state index in [1.807, 2.05) is 19.1 Å². The number of carbonyl (C=O) groups is 1. The van der Waals surface area contributed by atoms with Crippen LogP contribution >= 0.6 is 0 Å². The van der Waals surface area contributed by atoms with Crippen LogP contribution < -0.4 is 9.62 Å². The molecule has 0 radical (unpaired) electrons. The molecule has 1 amide bonds. The number of benzene rings is 1. The van der Waals surface area contributed by atoms with E-state index in [-0.39, 0.29) is 5.91 Å². The fourth-order valence-corrected chi connectivity index (χ4v) is 3.91. The third-order valence-corrected chi connectivity index (χ3v) is 5.58. The lowest BCUT2D eigenvalue weighted by atomic mass is 10.00. The highest BCUT2D eigenvalue weighted by atomic mass is 32.2. The second-order valence-electron chi connectivity index (χ2n) is 6.66. The Labute approximate surface area is 151 Å². The monoisotopic (exact) mass is 364 g/mol. The molecular formula is C19H28N2O3S. The zero-order chi connectivity index (χ0) is 18.3. The standard InChI is InChI=1S/C19H28N2O3S/c1-16-10-12-18(13-11-16)21(25(2,23)24)14-6-9-19(22)20-15-17-7-4-3-5-8-17/h7,10-13H,3-6,8-9,14-15H2,1-2H3,(H,20,22). The number of rotatable bonds is 8. The molecule has 5 nitrogen and oxygen atoms in total. The highest BCUT2D eigenvalue weighted by molar-refractivity contribution is 7.92. The first-order valence-corrected chi connectivity index (χ1v) is 10.7. The molecule has 138 valence electrons. The fourth-order valence-electron chi connectivity index (χ4n) is 2.95. The van der Waals surface area contributed by atoms with Gasteiger partial charge in [-0.05, 0) is 51.2 Å². The second kappa shape index (κ2) is 9.04. The Kier molecular flexibility index (Phi) is 7.05. The fraction of sp³-hybridized carbons (Fsp3) is 0.526. The second-order valence-corrected chi connectivity index (χ2v) is 8.57. The van der Waals surface area contributed by atoms with Crippen LogP contribution in [0, 0.1) is 6.92 Å². The summed E-state index contributed by atoms with van der Waals surface area (Å²) in [7, 11) is -3.37. The van der Waals surface area contributed by atoms with Crippen molar-refractivity contribution in [2.24, 2.45) is 0 Å².